The molecule has 2 N–H and O–H groups in total. The summed E-state index contributed by atoms with van der Waals surface area (Å²) in [4.78, 5) is 12.1. The van der Waals surface area contributed by atoms with Crippen LogP contribution < -0.4 is 10.6 Å². The Morgan fingerprint density at radius 1 is 1.26 bits per heavy atom. The molecule has 0 aromatic heterocycles. The fourth-order valence-electron chi connectivity index (χ4n) is 3.01. The fraction of sp³-hybridized carbons (Fsp3) is 0.588. The zero-order valence-electron chi connectivity index (χ0n) is 13.4. The highest BCUT2D eigenvalue weighted by Gasteiger charge is 2.31. The average molecular weight is 328 g/mol. The highest BCUT2D eigenvalue weighted by molar-refractivity contribution is 5.74. The summed E-state index contributed by atoms with van der Waals surface area (Å²) in [5.41, 5.74) is -0.267. The van der Waals surface area contributed by atoms with E-state index in [1.165, 1.54) is 12.5 Å². The van der Waals surface area contributed by atoms with Crippen LogP contribution in [0.4, 0.5) is 18.0 Å². The lowest BCUT2D eigenvalue weighted by Gasteiger charge is -2.30. The molecule has 1 aliphatic rings. The van der Waals surface area contributed by atoms with Gasteiger partial charge in [0.05, 0.1) is 11.6 Å². The molecule has 1 aromatic rings. The first-order valence-electron chi connectivity index (χ1n) is 8.01. The smallest absolute Gasteiger partial charge is 0.335 e. The molecule has 0 unspecified atom stereocenters. The molecule has 3 nitrogen and oxygen atoms in total. The molecule has 2 rings (SSSR count). The number of hydrogen-bond acceptors (Lipinski definition) is 1. The van der Waals surface area contributed by atoms with E-state index in [1.54, 1.807) is 13.0 Å². The molecular formula is C17H23F3N2O. The van der Waals surface area contributed by atoms with Gasteiger partial charge in [0.15, 0.2) is 0 Å². The third-order valence-corrected chi connectivity index (χ3v) is 4.49. The van der Waals surface area contributed by atoms with Crippen molar-refractivity contribution in [3.63, 3.8) is 0 Å². The predicted octanol–water partition coefficient (Wildman–Crippen LogP) is 4.64. The summed E-state index contributed by atoms with van der Waals surface area (Å²) in [6.45, 7) is 3.79. The summed E-state index contributed by atoms with van der Waals surface area (Å²) < 4.78 is 38.2. The van der Waals surface area contributed by atoms with E-state index in [9.17, 15) is 18.0 Å². The van der Waals surface area contributed by atoms with Gasteiger partial charge in [-0.05, 0) is 43.4 Å². The van der Waals surface area contributed by atoms with E-state index in [0.717, 1.165) is 31.4 Å². The zero-order valence-corrected chi connectivity index (χ0v) is 13.4. The van der Waals surface area contributed by atoms with E-state index in [1.807, 2.05) is 0 Å². The summed E-state index contributed by atoms with van der Waals surface area (Å²) in [6.07, 6.45) is -0.0593. The minimum atomic E-state index is -4.38. The van der Waals surface area contributed by atoms with Gasteiger partial charge in [0.25, 0.3) is 0 Å². The van der Waals surface area contributed by atoms with Gasteiger partial charge in [-0.25, -0.2) is 4.79 Å². The van der Waals surface area contributed by atoms with Gasteiger partial charge in [-0.2, -0.15) is 13.2 Å². The Morgan fingerprint density at radius 2 is 1.96 bits per heavy atom. The van der Waals surface area contributed by atoms with Crippen LogP contribution >= 0.6 is 0 Å². The van der Waals surface area contributed by atoms with Crippen LogP contribution in [0.2, 0.25) is 0 Å². The second-order valence-corrected chi connectivity index (χ2v) is 6.33. The molecule has 0 spiro atoms. The lowest BCUT2D eigenvalue weighted by atomic mass is 9.86. The van der Waals surface area contributed by atoms with Crippen molar-refractivity contribution < 1.29 is 18.0 Å². The molecule has 128 valence electrons. The molecular weight excluding hydrogens is 305 g/mol. The first kappa shape index (κ1) is 17.6. The first-order valence-corrected chi connectivity index (χ1v) is 8.01. The van der Waals surface area contributed by atoms with Crippen molar-refractivity contribution in [1.29, 1.82) is 0 Å². The number of rotatable bonds is 3. The van der Waals surface area contributed by atoms with Crippen molar-refractivity contribution >= 4 is 6.03 Å². The summed E-state index contributed by atoms with van der Waals surface area (Å²) in [6, 6.07) is 4.37. The highest BCUT2D eigenvalue weighted by Crippen LogP contribution is 2.30. The Labute approximate surface area is 134 Å². The van der Waals surface area contributed by atoms with E-state index in [2.05, 4.69) is 17.6 Å². The second kappa shape index (κ2) is 7.23. The molecule has 1 aromatic carbocycles. The van der Waals surface area contributed by atoms with Gasteiger partial charge in [-0.3, -0.25) is 0 Å². The van der Waals surface area contributed by atoms with Crippen LogP contribution in [0.15, 0.2) is 24.3 Å². The third-order valence-electron chi connectivity index (χ3n) is 4.49. The number of carbonyl (C=O) groups is 1. The number of urea groups is 1. The second-order valence-electron chi connectivity index (χ2n) is 6.33. The van der Waals surface area contributed by atoms with Crippen molar-refractivity contribution in [2.45, 2.75) is 57.8 Å². The van der Waals surface area contributed by atoms with Crippen LogP contribution in [-0.2, 0) is 6.18 Å². The number of hydrogen-bond donors (Lipinski definition) is 2. The number of amides is 2. The van der Waals surface area contributed by atoms with Gasteiger partial charge >= 0.3 is 12.2 Å². The van der Waals surface area contributed by atoms with Crippen molar-refractivity contribution in [2.24, 2.45) is 5.92 Å². The Morgan fingerprint density at radius 3 is 2.61 bits per heavy atom. The average Bonchev–Trinajstić information content (AvgIpc) is 2.49. The van der Waals surface area contributed by atoms with Crippen LogP contribution in [0.3, 0.4) is 0 Å². The van der Waals surface area contributed by atoms with Gasteiger partial charge in [-0.1, -0.05) is 31.9 Å². The molecule has 6 heteroatoms. The van der Waals surface area contributed by atoms with Gasteiger partial charge in [0.1, 0.15) is 0 Å². The zero-order chi connectivity index (χ0) is 17.0. The molecule has 3 atom stereocenters. The molecule has 0 aliphatic heterocycles. The molecule has 0 heterocycles. The van der Waals surface area contributed by atoms with Gasteiger partial charge in [-0.15, -0.1) is 0 Å². The van der Waals surface area contributed by atoms with Crippen molar-refractivity contribution in [3.8, 4) is 0 Å². The SMILES string of the molecule is C[C@H](NC(=O)N[C@@H]1CCCC[C@H]1C)c1cccc(C(F)(F)F)c1. The van der Waals surface area contributed by atoms with E-state index < -0.39 is 17.8 Å². The molecule has 0 saturated heterocycles. The number of alkyl halides is 3. The topological polar surface area (TPSA) is 41.1 Å². The minimum absolute atomic E-state index is 0.137. The first-order chi connectivity index (χ1) is 10.8. The van der Waals surface area contributed by atoms with Crippen LogP contribution in [0.5, 0.6) is 0 Å². The minimum Gasteiger partial charge on any atom is -0.335 e. The van der Waals surface area contributed by atoms with Crippen LogP contribution in [0, 0.1) is 5.92 Å². The maximum atomic E-state index is 12.7. The summed E-state index contributed by atoms with van der Waals surface area (Å²) in [5.74, 6) is 0.429. The third kappa shape index (κ3) is 4.88. The fourth-order valence-corrected chi connectivity index (χ4v) is 3.01. The Kier molecular flexibility index (Phi) is 5.55. The Hall–Kier alpha value is -1.72. The van der Waals surface area contributed by atoms with Crippen LogP contribution in [-0.4, -0.2) is 12.1 Å². The van der Waals surface area contributed by atoms with E-state index in [0.29, 0.717) is 11.5 Å². The van der Waals surface area contributed by atoms with Gasteiger partial charge in [0, 0.05) is 6.04 Å². The van der Waals surface area contributed by atoms with Crippen molar-refractivity contribution in [1.82, 2.24) is 10.6 Å². The lowest BCUT2D eigenvalue weighted by Crippen LogP contribution is -2.46. The quantitative estimate of drug-likeness (QED) is 0.833. The monoisotopic (exact) mass is 328 g/mol. The lowest BCUT2D eigenvalue weighted by molar-refractivity contribution is -0.137. The molecule has 1 aliphatic carbocycles. The highest BCUT2D eigenvalue weighted by atomic mass is 19.4. The van der Waals surface area contributed by atoms with E-state index in [-0.39, 0.29) is 12.1 Å². The van der Waals surface area contributed by atoms with Crippen LogP contribution in [0.1, 0.15) is 56.7 Å². The van der Waals surface area contributed by atoms with E-state index >= 15 is 0 Å². The number of carbonyl (C=O) groups excluding carboxylic acids is 1. The molecule has 1 saturated carbocycles. The maximum absolute atomic E-state index is 12.7. The van der Waals surface area contributed by atoms with Gasteiger partial charge < -0.3 is 10.6 Å². The Bertz CT molecular complexity index is 545. The normalized spacial score (nSPS) is 23.2. The van der Waals surface area contributed by atoms with Crippen LogP contribution in [0.25, 0.3) is 0 Å². The van der Waals surface area contributed by atoms with Gasteiger partial charge in [0.2, 0.25) is 0 Å². The summed E-state index contributed by atoms with van der Waals surface area (Å²) >= 11 is 0. The number of nitrogens with one attached hydrogen (secondary N) is 2. The molecule has 0 radical (unpaired) electrons. The Balaban J connectivity index is 1.95. The largest absolute Gasteiger partial charge is 0.416 e. The standard InChI is InChI=1S/C17H23F3N2O/c1-11-6-3-4-9-15(11)22-16(23)21-12(2)13-7-5-8-14(10-13)17(18,19)20/h5,7-8,10-12,15H,3-4,6,9H2,1-2H3,(H2,21,22,23)/t11-,12+,15-/m1/s1. The molecule has 0 bridgehead atoms. The van der Waals surface area contributed by atoms with Crippen molar-refractivity contribution in [2.75, 3.05) is 0 Å². The number of halogens is 3. The van der Waals surface area contributed by atoms with E-state index in [4.69, 9.17) is 0 Å². The summed E-state index contributed by atoms with van der Waals surface area (Å²) in [5, 5.41) is 5.67. The molecule has 1 fully saturated rings. The molecule has 23 heavy (non-hydrogen) atoms. The predicted molar refractivity (Wildman–Crippen MR) is 82.9 cm³/mol. The number of benzene rings is 1. The summed E-state index contributed by atoms with van der Waals surface area (Å²) in [7, 11) is 0. The van der Waals surface area contributed by atoms with Crippen molar-refractivity contribution in [3.05, 3.63) is 35.4 Å². The molecule has 2 amide bonds. The maximum Gasteiger partial charge on any atom is 0.416 e.